The lowest BCUT2D eigenvalue weighted by atomic mass is 9.79. The van der Waals surface area contributed by atoms with Gasteiger partial charge in [-0.15, -0.1) is 0 Å². The number of ether oxygens (including phenoxy) is 1. The maximum atomic E-state index is 9.92. The molecular formula is C17H35NO2. The smallest absolute Gasteiger partial charge is 0.0897 e. The van der Waals surface area contributed by atoms with E-state index in [1.165, 1.54) is 25.7 Å². The molecule has 0 spiro atoms. The third-order valence-electron chi connectivity index (χ3n) is 4.62. The maximum Gasteiger partial charge on any atom is 0.0897 e. The number of hydrogen-bond donors (Lipinski definition) is 2. The lowest BCUT2D eigenvalue weighted by Gasteiger charge is -2.33. The highest BCUT2D eigenvalue weighted by Gasteiger charge is 2.24. The first kappa shape index (κ1) is 17.9. The average molecular weight is 285 g/mol. The minimum atomic E-state index is -0.372. The van der Waals surface area contributed by atoms with Gasteiger partial charge in [-0.2, -0.15) is 0 Å². The monoisotopic (exact) mass is 285 g/mol. The van der Waals surface area contributed by atoms with E-state index in [-0.39, 0.29) is 6.10 Å². The molecule has 0 aromatic rings. The van der Waals surface area contributed by atoms with Gasteiger partial charge in [-0.05, 0) is 49.9 Å². The molecule has 4 unspecified atom stereocenters. The van der Waals surface area contributed by atoms with Crippen LogP contribution >= 0.6 is 0 Å². The lowest BCUT2D eigenvalue weighted by Crippen LogP contribution is -2.41. The van der Waals surface area contributed by atoms with Gasteiger partial charge in [0, 0.05) is 19.2 Å². The number of hydrogen-bond acceptors (Lipinski definition) is 3. The molecule has 0 saturated heterocycles. The summed E-state index contributed by atoms with van der Waals surface area (Å²) in [5, 5.41) is 13.4. The molecule has 3 heteroatoms. The number of rotatable bonds is 9. The number of nitrogens with one attached hydrogen (secondary N) is 1. The Balaban J connectivity index is 2.01. The van der Waals surface area contributed by atoms with Crippen molar-refractivity contribution in [1.29, 1.82) is 0 Å². The molecule has 0 aromatic carbocycles. The van der Waals surface area contributed by atoms with E-state index < -0.39 is 0 Å². The third kappa shape index (κ3) is 7.61. The quantitative estimate of drug-likeness (QED) is 0.639. The van der Waals surface area contributed by atoms with Gasteiger partial charge in [0.15, 0.2) is 0 Å². The first-order valence-electron chi connectivity index (χ1n) is 8.48. The normalized spacial score (nSPS) is 28.8. The summed E-state index contributed by atoms with van der Waals surface area (Å²) >= 11 is 0. The molecule has 0 aromatic heterocycles. The minimum absolute atomic E-state index is 0.372. The van der Waals surface area contributed by atoms with E-state index in [1.54, 1.807) is 0 Å². The van der Waals surface area contributed by atoms with Crippen LogP contribution in [0.5, 0.6) is 0 Å². The summed E-state index contributed by atoms with van der Waals surface area (Å²) in [6.07, 6.45) is 5.71. The molecule has 0 radical (unpaired) electrons. The molecule has 2 N–H and O–H groups in total. The molecule has 0 amide bonds. The van der Waals surface area contributed by atoms with E-state index in [9.17, 15) is 5.11 Å². The van der Waals surface area contributed by atoms with Crippen molar-refractivity contribution in [3.8, 4) is 0 Å². The van der Waals surface area contributed by atoms with Crippen LogP contribution in [0.1, 0.15) is 59.8 Å². The molecular weight excluding hydrogens is 250 g/mol. The zero-order chi connectivity index (χ0) is 15.0. The molecule has 4 atom stereocenters. The summed E-state index contributed by atoms with van der Waals surface area (Å²) in [6.45, 7) is 11.0. The van der Waals surface area contributed by atoms with Gasteiger partial charge in [-0.3, -0.25) is 0 Å². The Bertz CT molecular complexity index is 245. The Morgan fingerprint density at radius 2 is 1.95 bits per heavy atom. The van der Waals surface area contributed by atoms with Crippen molar-refractivity contribution in [2.45, 2.75) is 71.9 Å². The van der Waals surface area contributed by atoms with Crippen molar-refractivity contribution >= 4 is 0 Å². The summed E-state index contributed by atoms with van der Waals surface area (Å²) < 4.78 is 5.53. The van der Waals surface area contributed by atoms with E-state index >= 15 is 0 Å². The van der Waals surface area contributed by atoms with Crippen LogP contribution < -0.4 is 5.32 Å². The number of aliphatic hydroxyl groups excluding tert-OH is 1. The van der Waals surface area contributed by atoms with Crippen LogP contribution in [0.3, 0.4) is 0 Å². The Morgan fingerprint density at radius 1 is 1.20 bits per heavy atom. The molecule has 0 bridgehead atoms. The Labute approximate surface area is 125 Å². The van der Waals surface area contributed by atoms with Crippen molar-refractivity contribution in [1.82, 2.24) is 5.32 Å². The predicted molar refractivity (Wildman–Crippen MR) is 84.9 cm³/mol. The fraction of sp³-hybridized carbons (Fsp3) is 1.00. The molecule has 1 aliphatic rings. The van der Waals surface area contributed by atoms with Crippen molar-refractivity contribution in [3.63, 3.8) is 0 Å². The van der Waals surface area contributed by atoms with Gasteiger partial charge in [0.25, 0.3) is 0 Å². The van der Waals surface area contributed by atoms with Crippen LogP contribution in [0, 0.1) is 17.8 Å². The van der Waals surface area contributed by atoms with Crippen LogP contribution in [0.25, 0.3) is 0 Å². The fourth-order valence-corrected chi connectivity index (χ4v) is 2.91. The van der Waals surface area contributed by atoms with Crippen LogP contribution in [0.2, 0.25) is 0 Å². The zero-order valence-electron chi connectivity index (χ0n) is 13.9. The molecule has 3 nitrogen and oxygen atoms in total. The van der Waals surface area contributed by atoms with Crippen LogP contribution in [0.15, 0.2) is 0 Å². The van der Waals surface area contributed by atoms with Gasteiger partial charge in [-0.25, -0.2) is 0 Å². The van der Waals surface area contributed by atoms with Crippen LogP contribution in [-0.4, -0.2) is 37.0 Å². The van der Waals surface area contributed by atoms with Crippen LogP contribution in [0.4, 0.5) is 0 Å². The van der Waals surface area contributed by atoms with Crippen molar-refractivity contribution in [2.75, 3.05) is 19.8 Å². The van der Waals surface area contributed by atoms with Crippen LogP contribution in [-0.2, 0) is 4.74 Å². The van der Waals surface area contributed by atoms with Gasteiger partial charge in [0.1, 0.15) is 0 Å². The van der Waals surface area contributed by atoms with E-state index in [2.05, 4.69) is 33.0 Å². The van der Waals surface area contributed by atoms with Gasteiger partial charge in [-0.1, -0.05) is 27.7 Å². The Hall–Kier alpha value is -0.120. The van der Waals surface area contributed by atoms with Crippen molar-refractivity contribution in [3.05, 3.63) is 0 Å². The summed E-state index contributed by atoms with van der Waals surface area (Å²) in [5.74, 6) is 2.38. The molecule has 1 aliphatic carbocycles. The summed E-state index contributed by atoms with van der Waals surface area (Å²) in [4.78, 5) is 0. The number of aliphatic hydroxyl groups is 1. The van der Waals surface area contributed by atoms with E-state index in [4.69, 9.17) is 4.74 Å². The second kappa shape index (κ2) is 9.75. The van der Waals surface area contributed by atoms with Gasteiger partial charge >= 0.3 is 0 Å². The van der Waals surface area contributed by atoms with Gasteiger partial charge in [0.05, 0.1) is 12.7 Å². The molecule has 20 heavy (non-hydrogen) atoms. The molecule has 0 aliphatic heterocycles. The highest BCUT2D eigenvalue weighted by Crippen LogP contribution is 2.29. The van der Waals surface area contributed by atoms with E-state index in [1.807, 2.05) is 0 Å². The summed E-state index contributed by atoms with van der Waals surface area (Å²) in [7, 11) is 0. The van der Waals surface area contributed by atoms with E-state index in [0.717, 1.165) is 30.8 Å². The second-order valence-corrected chi connectivity index (χ2v) is 7.14. The largest absolute Gasteiger partial charge is 0.389 e. The molecule has 120 valence electrons. The van der Waals surface area contributed by atoms with Crippen molar-refractivity contribution < 1.29 is 9.84 Å². The summed E-state index contributed by atoms with van der Waals surface area (Å²) in [6, 6.07) is 0.580. The highest BCUT2D eigenvalue weighted by atomic mass is 16.5. The molecule has 1 rings (SSSR count). The first-order chi connectivity index (χ1) is 9.49. The van der Waals surface area contributed by atoms with E-state index in [0.29, 0.717) is 19.2 Å². The fourth-order valence-electron chi connectivity index (χ4n) is 2.91. The minimum Gasteiger partial charge on any atom is -0.389 e. The Morgan fingerprint density at radius 3 is 2.60 bits per heavy atom. The Kier molecular flexibility index (Phi) is 8.74. The standard InChI is InChI=1S/C17H35NO2/c1-13(2)6-5-9-20-12-17(19)11-18-16-8-7-14(3)15(4)10-16/h13-19H,5-12H2,1-4H3. The molecule has 1 saturated carbocycles. The van der Waals surface area contributed by atoms with Crippen molar-refractivity contribution in [2.24, 2.45) is 17.8 Å². The van der Waals surface area contributed by atoms with Gasteiger partial charge in [0.2, 0.25) is 0 Å². The zero-order valence-corrected chi connectivity index (χ0v) is 13.9. The SMILES string of the molecule is CC(C)CCCOCC(O)CNC1CCC(C)C(C)C1. The molecule has 0 heterocycles. The lowest BCUT2D eigenvalue weighted by molar-refractivity contribution is 0.0319. The maximum absolute atomic E-state index is 9.92. The first-order valence-corrected chi connectivity index (χ1v) is 8.48. The topological polar surface area (TPSA) is 41.5 Å². The highest BCUT2D eigenvalue weighted by molar-refractivity contribution is 4.80. The van der Waals surface area contributed by atoms with Gasteiger partial charge < -0.3 is 15.2 Å². The average Bonchev–Trinajstić information content (AvgIpc) is 2.39. The molecule has 1 fully saturated rings. The predicted octanol–water partition coefficient (Wildman–Crippen LogP) is 3.21. The second-order valence-electron chi connectivity index (χ2n) is 7.14. The third-order valence-corrected chi connectivity index (χ3v) is 4.62. The summed E-state index contributed by atoms with van der Waals surface area (Å²) in [5.41, 5.74) is 0.